The molecule has 1 aliphatic rings. The molecule has 1 aromatic rings. The van der Waals surface area contributed by atoms with Crippen molar-refractivity contribution >= 4 is 5.91 Å². The molecule has 2 rings (SSSR count). The fourth-order valence-electron chi connectivity index (χ4n) is 2.25. The van der Waals surface area contributed by atoms with Crippen LogP contribution in [0.15, 0.2) is 24.3 Å². The Balaban J connectivity index is 1.76. The van der Waals surface area contributed by atoms with Gasteiger partial charge in [0, 0.05) is 19.6 Å². The Bertz CT molecular complexity index is 490. The van der Waals surface area contributed by atoms with E-state index in [4.69, 9.17) is 10.00 Å². The molecule has 0 unspecified atom stereocenters. The summed E-state index contributed by atoms with van der Waals surface area (Å²) in [6, 6.07) is 9.48. The minimum atomic E-state index is 0.0460. The van der Waals surface area contributed by atoms with Crippen LogP contribution < -0.4 is 10.1 Å². The Morgan fingerprint density at radius 3 is 2.95 bits per heavy atom. The lowest BCUT2D eigenvalue weighted by Gasteiger charge is -2.15. The van der Waals surface area contributed by atoms with E-state index in [-0.39, 0.29) is 12.5 Å². The van der Waals surface area contributed by atoms with Gasteiger partial charge in [-0.3, -0.25) is 4.79 Å². The summed E-state index contributed by atoms with van der Waals surface area (Å²) in [5.74, 6) is 0.844. The summed E-state index contributed by atoms with van der Waals surface area (Å²) in [6.45, 7) is 2.80. The van der Waals surface area contributed by atoms with Crippen molar-refractivity contribution in [1.29, 1.82) is 5.26 Å². The minimum Gasteiger partial charge on any atom is -0.479 e. The molecule has 0 bridgehead atoms. The monoisotopic (exact) mass is 273 g/mol. The number of likely N-dealkylation sites (tertiary alicyclic amines) is 1. The molecule has 0 saturated carbocycles. The Morgan fingerprint density at radius 1 is 1.40 bits per heavy atom. The molecule has 5 nitrogen and oxygen atoms in total. The molecule has 0 radical (unpaired) electrons. The Morgan fingerprint density at radius 2 is 2.20 bits per heavy atom. The third-order valence-electron chi connectivity index (χ3n) is 3.27. The lowest BCUT2D eigenvalue weighted by Crippen LogP contribution is -2.35. The number of nitrogens with zero attached hydrogens (tertiary/aromatic N) is 2. The number of nitriles is 1. The molecule has 1 amide bonds. The minimum absolute atomic E-state index is 0.0460. The van der Waals surface area contributed by atoms with Crippen molar-refractivity contribution in [2.24, 2.45) is 0 Å². The van der Waals surface area contributed by atoms with E-state index >= 15 is 0 Å². The van der Waals surface area contributed by atoms with E-state index in [0.29, 0.717) is 18.8 Å². The summed E-state index contributed by atoms with van der Waals surface area (Å²) in [4.78, 5) is 13.7. The van der Waals surface area contributed by atoms with Gasteiger partial charge in [-0.2, -0.15) is 5.26 Å². The standard InChI is InChI=1S/C15H19N3O2/c16-6-9-20-14-5-3-4-13(10-14)11-17-12-15(19)18-7-1-2-8-18/h3-5,10,17H,1-2,7-9,11-12H2. The van der Waals surface area contributed by atoms with Crippen LogP contribution >= 0.6 is 0 Å². The summed E-state index contributed by atoms with van der Waals surface area (Å²) in [6.07, 6.45) is 2.23. The Kier molecular flexibility index (Phi) is 5.39. The van der Waals surface area contributed by atoms with Gasteiger partial charge >= 0.3 is 0 Å². The van der Waals surface area contributed by atoms with Crippen LogP contribution in [0.1, 0.15) is 18.4 Å². The van der Waals surface area contributed by atoms with Crippen LogP contribution in [-0.4, -0.2) is 37.0 Å². The van der Waals surface area contributed by atoms with Crippen molar-refractivity contribution in [2.45, 2.75) is 19.4 Å². The molecule has 1 N–H and O–H groups in total. The molecule has 0 aliphatic carbocycles. The quantitative estimate of drug-likeness (QED) is 0.848. The number of carbonyl (C=O) groups is 1. The van der Waals surface area contributed by atoms with Gasteiger partial charge in [-0.25, -0.2) is 0 Å². The fraction of sp³-hybridized carbons (Fsp3) is 0.467. The van der Waals surface area contributed by atoms with Crippen LogP contribution in [-0.2, 0) is 11.3 Å². The van der Waals surface area contributed by atoms with Crippen molar-refractivity contribution in [2.75, 3.05) is 26.2 Å². The first kappa shape index (κ1) is 14.4. The highest BCUT2D eigenvalue weighted by atomic mass is 16.5. The maximum absolute atomic E-state index is 11.8. The lowest BCUT2D eigenvalue weighted by molar-refractivity contribution is -0.129. The average molecular weight is 273 g/mol. The van der Waals surface area contributed by atoms with Crippen molar-refractivity contribution in [3.05, 3.63) is 29.8 Å². The van der Waals surface area contributed by atoms with Gasteiger partial charge in [0.2, 0.25) is 5.91 Å². The second kappa shape index (κ2) is 7.51. The molecule has 20 heavy (non-hydrogen) atoms. The number of hydrogen-bond donors (Lipinski definition) is 1. The summed E-state index contributed by atoms with van der Waals surface area (Å²) >= 11 is 0. The highest BCUT2D eigenvalue weighted by Crippen LogP contribution is 2.13. The van der Waals surface area contributed by atoms with Crippen LogP contribution in [0, 0.1) is 11.3 Å². The van der Waals surface area contributed by atoms with Gasteiger partial charge in [-0.05, 0) is 30.5 Å². The maximum Gasteiger partial charge on any atom is 0.236 e. The molecule has 106 valence electrons. The zero-order valence-corrected chi connectivity index (χ0v) is 11.5. The van der Waals surface area contributed by atoms with Crippen LogP contribution in [0.4, 0.5) is 0 Å². The molecule has 1 saturated heterocycles. The van der Waals surface area contributed by atoms with Gasteiger partial charge in [0.15, 0.2) is 6.61 Å². The second-order valence-electron chi connectivity index (χ2n) is 4.79. The highest BCUT2D eigenvalue weighted by Gasteiger charge is 2.16. The Labute approximate surface area is 119 Å². The van der Waals surface area contributed by atoms with E-state index in [0.717, 1.165) is 31.5 Å². The average Bonchev–Trinajstić information content (AvgIpc) is 3.00. The predicted molar refractivity (Wildman–Crippen MR) is 75.1 cm³/mol. The molecule has 0 atom stereocenters. The summed E-state index contributed by atoms with van der Waals surface area (Å²) in [7, 11) is 0. The van der Waals surface area contributed by atoms with E-state index in [1.165, 1.54) is 0 Å². The summed E-state index contributed by atoms with van der Waals surface area (Å²) in [5, 5.41) is 11.6. The number of nitrogens with one attached hydrogen (secondary N) is 1. The van der Waals surface area contributed by atoms with E-state index < -0.39 is 0 Å². The van der Waals surface area contributed by atoms with E-state index in [9.17, 15) is 4.79 Å². The first-order valence-electron chi connectivity index (χ1n) is 6.87. The van der Waals surface area contributed by atoms with Crippen molar-refractivity contribution in [3.8, 4) is 11.8 Å². The highest BCUT2D eigenvalue weighted by molar-refractivity contribution is 5.78. The van der Waals surface area contributed by atoms with E-state index in [1.807, 2.05) is 35.2 Å². The molecule has 1 aliphatic heterocycles. The predicted octanol–water partition coefficient (Wildman–Crippen LogP) is 1.30. The summed E-state index contributed by atoms with van der Waals surface area (Å²) in [5.41, 5.74) is 1.04. The zero-order chi connectivity index (χ0) is 14.2. The number of hydrogen-bond acceptors (Lipinski definition) is 4. The van der Waals surface area contributed by atoms with Crippen molar-refractivity contribution < 1.29 is 9.53 Å². The SMILES string of the molecule is N#CCOc1cccc(CNCC(=O)N2CCCC2)c1. The maximum atomic E-state index is 11.8. The molecule has 1 aromatic carbocycles. The second-order valence-corrected chi connectivity index (χ2v) is 4.79. The van der Waals surface area contributed by atoms with Gasteiger partial charge in [0.25, 0.3) is 0 Å². The number of rotatable bonds is 6. The first-order chi connectivity index (χ1) is 9.79. The largest absolute Gasteiger partial charge is 0.479 e. The summed E-state index contributed by atoms with van der Waals surface area (Å²) < 4.78 is 5.24. The zero-order valence-electron chi connectivity index (χ0n) is 11.5. The molecule has 0 spiro atoms. The van der Waals surface area contributed by atoms with Crippen LogP contribution in [0.25, 0.3) is 0 Å². The molecule has 5 heteroatoms. The fourth-order valence-corrected chi connectivity index (χ4v) is 2.25. The first-order valence-corrected chi connectivity index (χ1v) is 6.87. The third kappa shape index (κ3) is 4.25. The molecule has 0 aromatic heterocycles. The van der Waals surface area contributed by atoms with Gasteiger partial charge in [0.1, 0.15) is 11.8 Å². The smallest absolute Gasteiger partial charge is 0.236 e. The topological polar surface area (TPSA) is 65.4 Å². The van der Waals surface area contributed by atoms with Crippen molar-refractivity contribution in [3.63, 3.8) is 0 Å². The van der Waals surface area contributed by atoms with Crippen LogP contribution in [0.3, 0.4) is 0 Å². The number of carbonyl (C=O) groups excluding carboxylic acids is 1. The Hall–Kier alpha value is -2.06. The lowest BCUT2D eigenvalue weighted by atomic mass is 10.2. The molecular weight excluding hydrogens is 254 g/mol. The normalized spacial score (nSPS) is 14.1. The van der Waals surface area contributed by atoms with Crippen LogP contribution in [0.2, 0.25) is 0 Å². The van der Waals surface area contributed by atoms with Crippen molar-refractivity contribution in [1.82, 2.24) is 10.2 Å². The number of ether oxygens (including phenoxy) is 1. The molecule has 1 fully saturated rings. The third-order valence-corrected chi connectivity index (χ3v) is 3.27. The van der Waals surface area contributed by atoms with Crippen LogP contribution in [0.5, 0.6) is 5.75 Å². The van der Waals surface area contributed by atoms with Gasteiger partial charge in [-0.1, -0.05) is 12.1 Å². The molecule has 1 heterocycles. The van der Waals surface area contributed by atoms with E-state index in [2.05, 4.69) is 5.32 Å². The number of amides is 1. The van der Waals surface area contributed by atoms with Gasteiger partial charge in [-0.15, -0.1) is 0 Å². The number of benzene rings is 1. The molecular formula is C15H19N3O2. The van der Waals surface area contributed by atoms with Gasteiger partial charge in [0.05, 0.1) is 6.54 Å². The van der Waals surface area contributed by atoms with E-state index in [1.54, 1.807) is 0 Å². The van der Waals surface area contributed by atoms with Gasteiger partial charge < -0.3 is 15.0 Å².